The highest BCUT2D eigenvalue weighted by Gasteiger charge is 2.22. The molecule has 5 rings (SSSR count). The third-order valence-electron chi connectivity index (χ3n) is 5.92. The lowest BCUT2D eigenvalue weighted by Gasteiger charge is -2.16. The second-order valence-corrected chi connectivity index (χ2v) is 8.52. The van der Waals surface area contributed by atoms with Gasteiger partial charge in [0.15, 0.2) is 11.5 Å². The molecule has 1 N–H and O–H groups in total. The van der Waals surface area contributed by atoms with E-state index < -0.39 is 11.7 Å². The lowest BCUT2D eigenvalue weighted by atomic mass is 10.1. The number of hydrogen-bond acceptors (Lipinski definition) is 6. The number of carbonyl (C=O) groups is 1. The Morgan fingerprint density at radius 2 is 1.88 bits per heavy atom. The van der Waals surface area contributed by atoms with Crippen LogP contribution in [0.1, 0.15) is 48.4 Å². The van der Waals surface area contributed by atoms with Crippen molar-refractivity contribution < 1.29 is 9.18 Å². The van der Waals surface area contributed by atoms with Crippen molar-refractivity contribution in [3.05, 3.63) is 46.8 Å². The number of benzene rings is 1. The summed E-state index contributed by atoms with van der Waals surface area (Å²) >= 11 is 6.19. The predicted molar refractivity (Wildman–Crippen MR) is 119 cm³/mol. The number of carbonyl (C=O) groups excluding carboxylic acids is 1. The number of nitrogens with zero attached hydrogens (tertiary/aromatic N) is 6. The molecule has 0 saturated carbocycles. The SMILES string of the molecule is O=C(Nc1cc(-c2nnc3n2CCCCC3)ccc1F)c1nc(N2CCCC2)ncc1Cl. The van der Waals surface area contributed by atoms with Crippen molar-refractivity contribution in [1.82, 2.24) is 24.7 Å². The maximum absolute atomic E-state index is 14.6. The fourth-order valence-corrected chi connectivity index (χ4v) is 4.40. The van der Waals surface area contributed by atoms with Gasteiger partial charge in [0.05, 0.1) is 16.9 Å². The van der Waals surface area contributed by atoms with E-state index in [0.717, 1.165) is 64.0 Å². The largest absolute Gasteiger partial charge is 0.341 e. The second kappa shape index (κ2) is 8.82. The van der Waals surface area contributed by atoms with Crippen molar-refractivity contribution in [3.8, 4) is 11.4 Å². The van der Waals surface area contributed by atoms with E-state index >= 15 is 0 Å². The van der Waals surface area contributed by atoms with E-state index in [1.807, 2.05) is 4.90 Å². The first-order valence-electron chi connectivity index (χ1n) is 10.9. The zero-order valence-electron chi connectivity index (χ0n) is 17.5. The van der Waals surface area contributed by atoms with Gasteiger partial charge in [-0.05, 0) is 43.9 Å². The van der Waals surface area contributed by atoms with Crippen LogP contribution in [0.3, 0.4) is 0 Å². The van der Waals surface area contributed by atoms with Crippen molar-refractivity contribution in [2.24, 2.45) is 0 Å². The van der Waals surface area contributed by atoms with Gasteiger partial charge in [-0.25, -0.2) is 14.4 Å². The third-order valence-corrected chi connectivity index (χ3v) is 6.19. The Hall–Kier alpha value is -3.07. The number of fused-ring (bicyclic) bond motifs is 1. The number of rotatable bonds is 4. The summed E-state index contributed by atoms with van der Waals surface area (Å²) in [6.07, 6.45) is 7.68. The first kappa shape index (κ1) is 20.8. The van der Waals surface area contributed by atoms with Crippen LogP contribution < -0.4 is 10.2 Å². The molecule has 0 spiro atoms. The molecule has 4 heterocycles. The number of anilines is 2. The van der Waals surface area contributed by atoms with Crippen LogP contribution in [0.4, 0.5) is 16.0 Å². The molecule has 0 atom stereocenters. The monoisotopic (exact) mass is 455 g/mol. The number of aryl methyl sites for hydroxylation is 1. The minimum absolute atomic E-state index is 0.0183. The van der Waals surface area contributed by atoms with E-state index in [1.54, 1.807) is 12.1 Å². The van der Waals surface area contributed by atoms with Gasteiger partial charge in [0.1, 0.15) is 11.6 Å². The van der Waals surface area contributed by atoms with Gasteiger partial charge in [-0.15, -0.1) is 10.2 Å². The number of aromatic nitrogens is 5. The summed E-state index contributed by atoms with van der Waals surface area (Å²) in [5, 5.41) is 11.4. The molecule has 1 fully saturated rings. The summed E-state index contributed by atoms with van der Waals surface area (Å²) in [7, 11) is 0. The smallest absolute Gasteiger partial charge is 0.276 e. The predicted octanol–water partition coefficient (Wildman–Crippen LogP) is 4.11. The first-order valence-corrected chi connectivity index (χ1v) is 11.3. The molecule has 0 radical (unpaired) electrons. The molecule has 0 unspecified atom stereocenters. The van der Waals surface area contributed by atoms with E-state index in [-0.39, 0.29) is 16.4 Å². The zero-order valence-corrected chi connectivity index (χ0v) is 18.3. The van der Waals surface area contributed by atoms with E-state index in [9.17, 15) is 9.18 Å². The molecule has 2 aliphatic rings. The van der Waals surface area contributed by atoms with Crippen LogP contribution in [0, 0.1) is 5.82 Å². The third kappa shape index (κ3) is 4.04. The van der Waals surface area contributed by atoms with Crippen LogP contribution in [0.25, 0.3) is 11.4 Å². The summed E-state index contributed by atoms with van der Waals surface area (Å²) in [5.41, 5.74) is 0.745. The molecular formula is C22H23ClFN7O. The molecule has 10 heteroatoms. The molecule has 1 aromatic carbocycles. The zero-order chi connectivity index (χ0) is 22.1. The first-order chi connectivity index (χ1) is 15.6. The van der Waals surface area contributed by atoms with Gasteiger partial charge in [-0.2, -0.15) is 0 Å². The van der Waals surface area contributed by atoms with Crippen LogP contribution >= 0.6 is 11.6 Å². The summed E-state index contributed by atoms with van der Waals surface area (Å²) in [6.45, 7) is 2.50. The van der Waals surface area contributed by atoms with Crippen LogP contribution in [-0.2, 0) is 13.0 Å². The molecule has 2 aromatic heterocycles. The molecular weight excluding hydrogens is 433 g/mol. The van der Waals surface area contributed by atoms with Gasteiger partial charge >= 0.3 is 0 Å². The topological polar surface area (TPSA) is 88.8 Å². The molecule has 0 aliphatic carbocycles. The fraction of sp³-hybridized carbons (Fsp3) is 0.409. The number of nitrogens with one attached hydrogen (secondary N) is 1. The van der Waals surface area contributed by atoms with Gasteiger partial charge in [0.2, 0.25) is 5.95 Å². The second-order valence-electron chi connectivity index (χ2n) is 8.11. The number of amides is 1. The Kier molecular flexibility index (Phi) is 5.73. The van der Waals surface area contributed by atoms with Crippen molar-refractivity contribution in [1.29, 1.82) is 0 Å². The Labute approximate surface area is 189 Å². The van der Waals surface area contributed by atoms with E-state index in [2.05, 4.69) is 30.0 Å². The Morgan fingerprint density at radius 1 is 1.06 bits per heavy atom. The van der Waals surface area contributed by atoms with Gasteiger partial charge < -0.3 is 14.8 Å². The van der Waals surface area contributed by atoms with Crippen LogP contribution in [0.5, 0.6) is 0 Å². The van der Waals surface area contributed by atoms with Crippen LogP contribution in [-0.4, -0.2) is 43.7 Å². The molecule has 166 valence electrons. The Bertz CT molecular complexity index is 1160. The van der Waals surface area contributed by atoms with Gasteiger partial charge in [0, 0.05) is 31.6 Å². The standard InChI is InChI=1S/C22H23ClFN7O/c23-15-13-25-22(30-9-4-5-10-30)27-19(15)21(32)26-17-12-14(7-8-16(17)24)20-29-28-18-6-2-1-3-11-31(18)20/h7-8,12-13H,1-6,9-11H2,(H,26,32). The highest BCUT2D eigenvalue weighted by molar-refractivity contribution is 6.34. The maximum Gasteiger partial charge on any atom is 0.276 e. The van der Waals surface area contributed by atoms with Crippen LogP contribution in [0.15, 0.2) is 24.4 Å². The van der Waals surface area contributed by atoms with E-state index in [0.29, 0.717) is 17.3 Å². The van der Waals surface area contributed by atoms with Crippen molar-refractivity contribution >= 4 is 29.1 Å². The van der Waals surface area contributed by atoms with Crippen LogP contribution in [0.2, 0.25) is 5.02 Å². The van der Waals surface area contributed by atoms with Crippen molar-refractivity contribution in [2.75, 3.05) is 23.3 Å². The molecule has 2 aliphatic heterocycles. The number of hydrogen-bond donors (Lipinski definition) is 1. The summed E-state index contributed by atoms with van der Waals surface area (Å²) in [5.74, 6) is 0.928. The molecule has 3 aromatic rings. The molecule has 0 bridgehead atoms. The molecule has 32 heavy (non-hydrogen) atoms. The van der Waals surface area contributed by atoms with E-state index in [1.165, 1.54) is 12.3 Å². The average molecular weight is 456 g/mol. The molecule has 8 nitrogen and oxygen atoms in total. The Balaban J connectivity index is 1.42. The molecule has 1 amide bonds. The summed E-state index contributed by atoms with van der Waals surface area (Å²) < 4.78 is 16.7. The lowest BCUT2D eigenvalue weighted by molar-refractivity contribution is 0.102. The lowest BCUT2D eigenvalue weighted by Crippen LogP contribution is -2.23. The summed E-state index contributed by atoms with van der Waals surface area (Å²) in [6, 6.07) is 4.54. The van der Waals surface area contributed by atoms with Gasteiger partial charge in [0.25, 0.3) is 5.91 Å². The normalized spacial score (nSPS) is 16.0. The minimum Gasteiger partial charge on any atom is -0.341 e. The quantitative estimate of drug-likeness (QED) is 0.637. The summed E-state index contributed by atoms with van der Waals surface area (Å²) in [4.78, 5) is 23.5. The number of halogens is 2. The van der Waals surface area contributed by atoms with Gasteiger partial charge in [-0.3, -0.25) is 4.79 Å². The van der Waals surface area contributed by atoms with Gasteiger partial charge in [-0.1, -0.05) is 18.0 Å². The maximum atomic E-state index is 14.6. The molecule has 1 saturated heterocycles. The van der Waals surface area contributed by atoms with Crippen molar-refractivity contribution in [3.63, 3.8) is 0 Å². The average Bonchev–Trinajstić information content (AvgIpc) is 3.41. The fourth-order valence-electron chi connectivity index (χ4n) is 4.23. The van der Waals surface area contributed by atoms with Crippen molar-refractivity contribution in [2.45, 2.75) is 45.1 Å². The highest BCUT2D eigenvalue weighted by Crippen LogP contribution is 2.27. The Morgan fingerprint density at radius 3 is 2.72 bits per heavy atom. The minimum atomic E-state index is -0.589. The van der Waals surface area contributed by atoms with E-state index in [4.69, 9.17) is 11.6 Å². The highest BCUT2D eigenvalue weighted by atomic mass is 35.5.